The van der Waals surface area contributed by atoms with E-state index in [1.807, 2.05) is 0 Å². The molecule has 262 valence electrons. The van der Waals surface area contributed by atoms with Crippen LogP contribution in [-0.2, 0) is 29.2 Å². The Morgan fingerprint density at radius 1 is 1.02 bits per heavy atom. The highest BCUT2D eigenvalue weighted by Crippen LogP contribution is 2.51. The van der Waals surface area contributed by atoms with E-state index in [4.69, 9.17) is 16.2 Å². The Kier molecular flexibility index (Phi) is 9.06. The Morgan fingerprint density at radius 3 is 2.20 bits per heavy atom. The predicted molar refractivity (Wildman–Crippen MR) is 176 cm³/mol. The van der Waals surface area contributed by atoms with Gasteiger partial charge in [0.25, 0.3) is 10.1 Å². The van der Waals surface area contributed by atoms with E-state index in [1.165, 1.54) is 4.90 Å². The summed E-state index contributed by atoms with van der Waals surface area (Å²) in [6.07, 6.45) is -0.941. The van der Waals surface area contributed by atoms with Crippen molar-refractivity contribution >= 4 is 51.7 Å². The highest BCUT2D eigenvalue weighted by molar-refractivity contribution is 8.02. The molecule has 16 nitrogen and oxygen atoms in total. The van der Waals surface area contributed by atoms with Gasteiger partial charge in [0.2, 0.25) is 22.6 Å². The molecule has 1 unspecified atom stereocenters. The highest BCUT2D eigenvalue weighted by atomic mass is 32.2. The summed E-state index contributed by atoms with van der Waals surface area (Å²) in [4.78, 5) is 55.3. The lowest BCUT2D eigenvalue weighted by molar-refractivity contribution is -0.157. The predicted octanol–water partition coefficient (Wildman–Crippen LogP) is 0.815. The number of phenols is 1. The van der Waals surface area contributed by atoms with Crippen LogP contribution in [0.4, 0.5) is 9.18 Å². The van der Waals surface area contributed by atoms with Crippen LogP contribution in [0.3, 0.4) is 0 Å². The number of β-lactam (4-membered cyclic amide) rings is 1. The lowest BCUT2D eigenvalue weighted by Crippen LogP contribution is -2.68. The van der Waals surface area contributed by atoms with Crippen LogP contribution in [-0.4, -0.2) is 98.6 Å². The minimum absolute atomic E-state index is 0.0276. The monoisotopic (exact) mass is 727 g/mol. The van der Waals surface area contributed by atoms with Crippen molar-refractivity contribution in [3.63, 3.8) is 0 Å². The molecule has 0 radical (unpaired) electrons. The largest absolute Gasteiger partial charge is 0.508 e. The third-order valence-corrected chi connectivity index (χ3v) is 11.1. The first-order valence-electron chi connectivity index (χ1n) is 14.9. The fourth-order valence-electron chi connectivity index (χ4n) is 6.07. The minimum atomic E-state index is -5.29. The van der Waals surface area contributed by atoms with E-state index in [1.54, 1.807) is 60.7 Å². The number of nitrogens with one attached hydrogen (secondary N) is 1. The molecule has 0 spiro atoms. The van der Waals surface area contributed by atoms with E-state index in [2.05, 4.69) is 10.4 Å². The van der Waals surface area contributed by atoms with Crippen molar-refractivity contribution in [2.45, 2.75) is 27.6 Å². The van der Waals surface area contributed by atoms with Crippen molar-refractivity contribution in [2.75, 3.05) is 19.6 Å². The number of amides is 4. The standard InChI is InChI=1S/C31H30FN7O9S2/c32-21-15-19(40)11-12-20(21)24(50(45,46)47)25(41)35-22-26(42)37-16-31(49-27(22)37,38-13-14-39(30(38)44)36-29(33)34)28(43)48-23(17-7-3-1-4-8-17)18-9-5-2-6-10-18/h1-12,15,22-24,27,40H,13-14,16H2,(H,35,41)(H4,33,34,36)(H,45,46,47)/t22-,24?,27-,31-/m1/s1. The lowest BCUT2D eigenvalue weighted by atomic mass is 10.0. The Labute approximate surface area is 288 Å². The summed E-state index contributed by atoms with van der Waals surface area (Å²) in [5.41, 5.74) is 11.4. The summed E-state index contributed by atoms with van der Waals surface area (Å²) in [6.45, 7) is -0.492. The van der Waals surface area contributed by atoms with Gasteiger partial charge in [-0.05, 0) is 17.2 Å². The number of rotatable bonds is 10. The summed E-state index contributed by atoms with van der Waals surface area (Å²) in [7, 11) is -5.29. The number of hydrogen-bond acceptors (Lipinski definition) is 10. The molecule has 0 saturated carbocycles. The number of phenolic OH excluding ortho intramolecular Hbond substituents is 1. The zero-order valence-corrected chi connectivity index (χ0v) is 27.5. The molecule has 50 heavy (non-hydrogen) atoms. The SMILES string of the molecule is NC(N)=NN1CCN([C@]2(C(=O)OC(c3ccccc3)c3ccccc3)CN3C(=O)[C@@H](NC(=O)C(c4ccc(O)cc4F)S(=O)(=O)O)[C@H]3S2)C1=O. The maximum Gasteiger partial charge on any atom is 0.345 e. The quantitative estimate of drug-likeness (QED) is 0.0642. The Bertz CT molecular complexity index is 1950. The molecular formula is C31H30FN7O9S2. The lowest BCUT2D eigenvalue weighted by Gasteiger charge is -2.41. The van der Waals surface area contributed by atoms with Crippen LogP contribution in [0.15, 0.2) is 84.0 Å². The second-order valence-electron chi connectivity index (χ2n) is 11.5. The van der Waals surface area contributed by atoms with Crippen LogP contribution in [0.5, 0.6) is 5.75 Å². The highest BCUT2D eigenvalue weighted by Gasteiger charge is 2.67. The van der Waals surface area contributed by atoms with Crippen molar-refractivity contribution in [2.24, 2.45) is 16.6 Å². The molecule has 3 aromatic carbocycles. The normalized spacial score (nSPS) is 22.2. The molecule has 3 aliphatic heterocycles. The van der Waals surface area contributed by atoms with Gasteiger partial charge in [-0.2, -0.15) is 8.42 Å². The molecule has 3 heterocycles. The smallest absolute Gasteiger partial charge is 0.345 e. The molecule has 7 N–H and O–H groups in total. The third kappa shape index (κ3) is 6.25. The maximum atomic E-state index is 14.7. The fourth-order valence-corrected chi connectivity index (χ4v) is 8.60. The number of hydrazone groups is 1. The zero-order chi connectivity index (χ0) is 36.0. The maximum absolute atomic E-state index is 14.7. The van der Waals surface area contributed by atoms with Gasteiger partial charge in [-0.25, -0.2) is 19.0 Å². The van der Waals surface area contributed by atoms with Gasteiger partial charge < -0.3 is 31.5 Å². The van der Waals surface area contributed by atoms with Gasteiger partial charge in [-0.15, -0.1) is 5.10 Å². The number of guanidine groups is 1. The van der Waals surface area contributed by atoms with Gasteiger partial charge in [0.15, 0.2) is 11.4 Å². The zero-order valence-electron chi connectivity index (χ0n) is 25.8. The number of carbonyl (C=O) groups is 4. The van der Waals surface area contributed by atoms with E-state index >= 15 is 0 Å². The summed E-state index contributed by atoms with van der Waals surface area (Å²) in [6, 6.07) is 17.7. The number of benzene rings is 3. The summed E-state index contributed by atoms with van der Waals surface area (Å²) in [5, 5.41) is 13.0. The number of ether oxygens (including phenoxy) is 1. The summed E-state index contributed by atoms with van der Waals surface area (Å²) < 4.78 is 55.3. The minimum Gasteiger partial charge on any atom is -0.508 e. The summed E-state index contributed by atoms with van der Waals surface area (Å²) in [5.74, 6) is -5.38. The average molecular weight is 728 g/mol. The number of urea groups is 1. The number of fused-ring (bicyclic) bond motifs is 1. The number of nitrogens with two attached hydrogens (primary N) is 2. The number of nitrogens with zero attached hydrogens (tertiary/aromatic N) is 4. The van der Waals surface area contributed by atoms with Gasteiger partial charge in [0.1, 0.15) is 23.0 Å². The van der Waals surface area contributed by atoms with Gasteiger partial charge >= 0.3 is 12.0 Å². The fraction of sp³-hybridized carbons (Fsp3) is 0.258. The van der Waals surface area contributed by atoms with Gasteiger partial charge in [-0.1, -0.05) is 78.5 Å². The number of carbonyl (C=O) groups excluding carboxylic acids is 4. The van der Waals surface area contributed by atoms with E-state index in [0.717, 1.165) is 33.8 Å². The molecule has 3 saturated heterocycles. The molecular weight excluding hydrogens is 698 g/mol. The van der Waals surface area contributed by atoms with Crippen LogP contribution in [0.25, 0.3) is 0 Å². The molecule has 4 atom stereocenters. The second-order valence-corrected chi connectivity index (χ2v) is 14.4. The van der Waals surface area contributed by atoms with Crippen molar-refractivity contribution in [1.29, 1.82) is 0 Å². The number of halogens is 1. The third-order valence-electron chi connectivity index (χ3n) is 8.35. The number of aromatic hydroxyl groups is 1. The Morgan fingerprint density at radius 2 is 1.64 bits per heavy atom. The molecule has 0 aromatic heterocycles. The van der Waals surface area contributed by atoms with Crippen molar-refractivity contribution in [1.82, 2.24) is 20.1 Å². The van der Waals surface area contributed by atoms with Crippen LogP contribution in [0.1, 0.15) is 28.0 Å². The van der Waals surface area contributed by atoms with E-state index < -0.39 is 91.2 Å². The average Bonchev–Trinajstić information content (AvgIpc) is 3.62. The van der Waals surface area contributed by atoms with Gasteiger partial charge in [-0.3, -0.25) is 19.0 Å². The van der Waals surface area contributed by atoms with E-state index in [0.29, 0.717) is 17.2 Å². The molecule has 4 amide bonds. The van der Waals surface area contributed by atoms with Crippen LogP contribution >= 0.6 is 11.8 Å². The second kappa shape index (κ2) is 13.1. The van der Waals surface area contributed by atoms with Crippen molar-refractivity contribution in [3.05, 3.63) is 101 Å². The summed E-state index contributed by atoms with van der Waals surface area (Å²) >= 11 is 0.808. The number of hydrogen-bond donors (Lipinski definition) is 5. The molecule has 3 fully saturated rings. The van der Waals surface area contributed by atoms with Crippen LogP contribution in [0.2, 0.25) is 0 Å². The first kappa shape index (κ1) is 34.5. The Hall–Kier alpha value is -5.40. The first-order chi connectivity index (χ1) is 23.7. The Balaban J connectivity index is 1.33. The first-order valence-corrected chi connectivity index (χ1v) is 17.3. The molecule has 3 aliphatic rings. The molecule has 3 aromatic rings. The molecule has 0 aliphatic carbocycles. The van der Waals surface area contributed by atoms with E-state index in [9.17, 15) is 41.6 Å². The van der Waals surface area contributed by atoms with Crippen molar-refractivity contribution in [3.8, 4) is 5.75 Å². The molecule has 19 heteroatoms. The topological polar surface area (TPSA) is 238 Å². The van der Waals surface area contributed by atoms with E-state index in [-0.39, 0.29) is 13.1 Å². The molecule has 0 bridgehead atoms. The number of thioether (sulfide) groups is 1. The van der Waals surface area contributed by atoms with Crippen LogP contribution in [0, 0.1) is 5.82 Å². The van der Waals surface area contributed by atoms with Crippen LogP contribution < -0.4 is 16.8 Å². The van der Waals surface area contributed by atoms with Gasteiger partial charge in [0, 0.05) is 18.2 Å². The van der Waals surface area contributed by atoms with Crippen molar-refractivity contribution < 1.29 is 46.4 Å². The molecule has 6 rings (SSSR count). The van der Waals surface area contributed by atoms with Gasteiger partial charge in [0.05, 0.1) is 13.1 Å². The number of esters is 1.